The Kier molecular flexibility index (Phi) is 4.10. The van der Waals surface area contributed by atoms with E-state index in [-0.39, 0.29) is 11.9 Å². The van der Waals surface area contributed by atoms with E-state index in [1.807, 2.05) is 30.3 Å². The van der Waals surface area contributed by atoms with Crippen molar-refractivity contribution in [3.05, 3.63) is 41.7 Å². The number of nitrogens with one attached hydrogen (secondary N) is 1. The lowest BCUT2D eigenvalue weighted by Crippen LogP contribution is -2.52. The van der Waals surface area contributed by atoms with E-state index in [1.54, 1.807) is 6.92 Å². The first-order valence-electron chi connectivity index (χ1n) is 8.80. The van der Waals surface area contributed by atoms with Gasteiger partial charge in [0, 0.05) is 17.6 Å². The van der Waals surface area contributed by atoms with E-state index in [4.69, 9.17) is 4.52 Å². The fourth-order valence-electron chi connectivity index (χ4n) is 4.13. The molecule has 126 valence electrons. The highest BCUT2D eigenvalue weighted by molar-refractivity contribution is 6.00. The van der Waals surface area contributed by atoms with E-state index < -0.39 is 0 Å². The van der Waals surface area contributed by atoms with Crippen LogP contribution in [-0.4, -0.2) is 41.1 Å². The number of carbonyl (C=O) groups is 1. The standard InChI is InChI=1S/C19H23N3O2/c1-13-17(18(21-24-13)14-7-3-2-4-8-14)19(23)20-15-9-5-11-22-12-6-10-16(15)22/h2-4,7-8,15-16H,5-6,9-12H2,1H3,(H,20,23)/t15-,16-/m0/s1. The highest BCUT2D eigenvalue weighted by Crippen LogP contribution is 2.29. The zero-order valence-corrected chi connectivity index (χ0v) is 14.0. The molecule has 2 aliphatic rings. The maximum absolute atomic E-state index is 12.9. The third-order valence-corrected chi connectivity index (χ3v) is 5.29. The number of amides is 1. The van der Waals surface area contributed by atoms with Crippen molar-refractivity contribution in [2.75, 3.05) is 13.1 Å². The molecular formula is C19H23N3O2. The van der Waals surface area contributed by atoms with E-state index in [0.29, 0.717) is 23.1 Å². The molecule has 3 heterocycles. The molecule has 1 aromatic carbocycles. The van der Waals surface area contributed by atoms with Gasteiger partial charge in [-0.15, -0.1) is 0 Å². The lowest BCUT2D eigenvalue weighted by Gasteiger charge is -2.37. The lowest BCUT2D eigenvalue weighted by atomic mass is 9.95. The Labute approximate surface area is 142 Å². The Balaban J connectivity index is 1.58. The quantitative estimate of drug-likeness (QED) is 0.942. The van der Waals surface area contributed by atoms with E-state index in [1.165, 1.54) is 25.9 Å². The van der Waals surface area contributed by atoms with Crippen molar-refractivity contribution in [2.24, 2.45) is 0 Å². The number of hydrogen-bond donors (Lipinski definition) is 1. The molecule has 0 aliphatic carbocycles. The molecule has 5 nitrogen and oxygen atoms in total. The Bertz CT molecular complexity index is 725. The number of carbonyl (C=O) groups excluding carboxylic acids is 1. The predicted molar refractivity (Wildman–Crippen MR) is 91.8 cm³/mol. The average molecular weight is 325 g/mol. The molecule has 2 aliphatic heterocycles. The van der Waals surface area contributed by atoms with Crippen LogP contribution < -0.4 is 5.32 Å². The summed E-state index contributed by atoms with van der Waals surface area (Å²) >= 11 is 0. The van der Waals surface area contributed by atoms with Crippen LogP contribution in [0.15, 0.2) is 34.9 Å². The number of fused-ring (bicyclic) bond motifs is 1. The average Bonchev–Trinajstić information content (AvgIpc) is 3.22. The number of nitrogens with zero attached hydrogens (tertiary/aromatic N) is 2. The highest BCUT2D eigenvalue weighted by Gasteiger charge is 2.36. The minimum Gasteiger partial charge on any atom is -0.360 e. The van der Waals surface area contributed by atoms with Crippen molar-refractivity contribution in [3.63, 3.8) is 0 Å². The van der Waals surface area contributed by atoms with Crippen molar-refractivity contribution in [3.8, 4) is 11.3 Å². The summed E-state index contributed by atoms with van der Waals surface area (Å²) in [4.78, 5) is 15.5. The Morgan fingerprint density at radius 2 is 1.96 bits per heavy atom. The molecule has 24 heavy (non-hydrogen) atoms. The molecule has 0 unspecified atom stereocenters. The van der Waals surface area contributed by atoms with Gasteiger partial charge in [-0.25, -0.2) is 0 Å². The molecule has 4 rings (SSSR count). The number of piperidine rings is 1. The zero-order chi connectivity index (χ0) is 16.5. The van der Waals surface area contributed by atoms with Gasteiger partial charge in [0.15, 0.2) is 0 Å². The smallest absolute Gasteiger partial charge is 0.257 e. The van der Waals surface area contributed by atoms with Gasteiger partial charge in [0.2, 0.25) is 0 Å². The number of hydrogen-bond acceptors (Lipinski definition) is 4. The van der Waals surface area contributed by atoms with Crippen molar-refractivity contribution in [1.82, 2.24) is 15.4 Å². The van der Waals surface area contributed by atoms with Gasteiger partial charge in [0.05, 0.1) is 0 Å². The van der Waals surface area contributed by atoms with Crippen molar-refractivity contribution in [2.45, 2.75) is 44.7 Å². The molecule has 2 saturated heterocycles. The SMILES string of the molecule is Cc1onc(-c2ccccc2)c1C(=O)N[C@H]1CCCN2CCC[C@@H]12. The minimum atomic E-state index is -0.0636. The fourth-order valence-corrected chi connectivity index (χ4v) is 4.13. The van der Waals surface area contributed by atoms with E-state index in [2.05, 4.69) is 15.4 Å². The summed E-state index contributed by atoms with van der Waals surface area (Å²) in [7, 11) is 0. The van der Waals surface area contributed by atoms with Crippen LogP contribution in [0.3, 0.4) is 0 Å². The molecule has 0 radical (unpaired) electrons. The van der Waals surface area contributed by atoms with Gasteiger partial charge in [0.1, 0.15) is 17.0 Å². The summed E-state index contributed by atoms with van der Waals surface area (Å²) in [6.45, 7) is 4.13. The maximum atomic E-state index is 12.9. The van der Waals surface area contributed by atoms with Crippen LogP contribution in [0.2, 0.25) is 0 Å². The fraction of sp³-hybridized carbons (Fsp3) is 0.474. The third-order valence-electron chi connectivity index (χ3n) is 5.29. The molecule has 2 atom stereocenters. The first kappa shape index (κ1) is 15.4. The van der Waals surface area contributed by atoms with Crippen LogP contribution in [0.5, 0.6) is 0 Å². The van der Waals surface area contributed by atoms with E-state index in [0.717, 1.165) is 18.4 Å². The zero-order valence-electron chi connectivity index (χ0n) is 14.0. The second-order valence-corrected chi connectivity index (χ2v) is 6.80. The van der Waals surface area contributed by atoms with Crippen LogP contribution in [-0.2, 0) is 0 Å². The highest BCUT2D eigenvalue weighted by atomic mass is 16.5. The lowest BCUT2D eigenvalue weighted by molar-refractivity contribution is 0.0867. The maximum Gasteiger partial charge on any atom is 0.257 e. The largest absolute Gasteiger partial charge is 0.360 e. The summed E-state index contributed by atoms with van der Waals surface area (Å²) in [5.41, 5.74) is 2.10. The molecule has 0 bridgehead atoms. The Morgan fingerprint density at radius 1 is 1.21 bits per heavy atom. The van der Waals surface area contributed by atoms with E-state index >= 15 is 0 Å². The van der Waals surface area contributed by atoms with Crippen LogP contribution in [0.4, 0.5) is 0 Å². The van der Waals surface area contributed by atoms with Gasteiger partial charge in [-0.1, -0.05) is 35.5 Å². The van der Waals surface area contributed by atoms with Crippen LogP contribution in [0.1, 0.15) is 41.8 Å². The molecular weight excluding hydrogens is 302 g/mol. The normalized spacial score (nSPS) is 23.9. The van der Waals surface area contributed by atoms with E-state index in [9.17, 15) is 4.79 Å². The summed E-state index contributed by atoms with van der Waals surface area (Å²) in [5, 5.41) is 7.38. The minimum absolute atomic E-state index is 0.0636. The second-order valence-electron chi connectivity index (χ2n) is 6.80. The summed E-state index contributed by atoms with van der Waals surface area (Å²) in [6.07, 6.45) is 4.62. The number of aryl methyl sites for hydroxylation is 1. The van der Waals surface area contributed by atoms with Crippen LogP contribution >= 0.6 is 0 Å². The summed E-state index contributed by atoms with van der Waals surface area (Å²) in [5.74, 6) is 0.511. The van der Waals surface area contributed by atoms with Gasteiger partial charge >= 0.3 is 0 Å². The van der Waals surface area contributed by atoms with Gasteiger partial charge in [-0.3, -0.25) is 9.69 Å². The molecule has 0 spiro atoms. The number of benzene rings is 1. The van der Waals surface area contributed by atoms with Gasteiger partial charge in [-0.2, -0.15) is 0 Å². The Hall–Kier alpha value is -2.14. The van der Waals surface area contributed by atoms with Gasteiger partial charge in [0.25, 0.3) is 5.91 Å². The summed E-state index contributed by atoms with van der Waals surface area (Å²) in [6, 6.07) is 10.5. The molecule has 1 aromatic heterocycles. The van der Waals surface area contributed by atoms with Gasteiger partial charge < -0.3 is 9.84 Å². The first-order valence-corrected chi connectivity index (χ1v) is 8.80. The van der Waals surface area contributed by atoms with Crippen molar-refractivity contribution < 1.29 is 9.32 Å². The van der Waals surface area contributed by atoms with Crippen molar-refractivity contribution in [1.29, 1.82) is 0 Å². The molecule has 2 aromatic rings. The second kappa shape index (κ2) is 6.40. The van der Waals surface area contributed by atoms with Gasteiger partial charge in [-0.05, 0) is 45.7 Å². The Morgan fingerprint density at radius 3 is 2.75 bits per heavy atom. The topological polar surface area (TPSA) is 58.4 Å². The first-order chi connectivity index (χ1) is 11.7. The molecule has 0 saturated carbocycles. The van der Waals surface area contributed by atoms with Crippen LogP contribution in [0, 0.1) is 6.92 Å². The third kappa shape index (κ3) is 2.73. The monoisotopic (exact) mass is 325 g/mol. The number of aromatic nitrogens is 1. The van der Waals surface area contributed by atoms with Crippen LogP contribution in [0.25, 0.3) is 11.3 Å². The molecule has 2 fully saturated rings. The van der Waals surface area contributed by atoms with Crippen molar-refractivity contribution >= 4 is 5.91 Å². The summed E-state index contributed by atoms with van der Waals surface area (Å²) < 4.78 is 5.33. The molecule has 5 heteroatoms. The molecule has 1 N–H and O–H groups in total. The molecule has 1 amide bonds. The predicted octanol–water partition coefficient (Wildman–Crippen LogP) is 3.01. The number of rotatable bonds is 3.